The van der Waals surface area contributed by atoms with Crippen molar-refractivity contribution in [2.45, 2.75) is 24.8 Å². The van der Waals surface area contributed by atoms with Crippen LogP contribution in [0, 0.1) is 0 Å². The molecule has 1 unspecified atom stereocenters. The predicted molar refractivity (Wildman–Crippen MR) is 92.4 cm³/mol. The molecule has 126 valence electrons. The van der Waals surface area contributed by atoms with Gasteiger partial charge in [-0.3, -0.25) is 4.68 Å². The van der Waals surface area contributed by atoms with Crippen molar-refractivity contribution in [3.8, 4) is 11.1 Å². The summed E-state index contributed by atoms with van der Waals surface area (Å²) in [4.78, 5) is 4.87. The number of nitrogens with zero attached hydrogens (tertiary/aromatic N) is 5. The number of nitrogen functional groups attached to an aromatic ring is 1. The van der Waals surface area contributed by atoms with Crippen LogP contribution in [0.15, 0.2) is 24.7 Å². The standard InChI is InChI=1S/C16H22N8/c1-23-9-11(7-20-23)13-8-21-24-15(18)4-14(22-16(13)24)10-2-3-12(5-17)19-6-10/h4,7-10,12,19H,2-3,5-6,17-18H2,1H3/t10?,12-/m0/s1. The van der Waals surface area contributed by atoms with Crippen molar-refractivity contribution >= 4 is 11.5 Å². The Morgan fingerprint density at radius 1 is 1.29 bits per heavy atom. The first kappa shape index (κ1) is 15.1. The van der Waals surface area contributed by atoms with E-state index in [0.29, 0.717) is 24.3 Å². The highest BCUT2D eigenvalue weighted by atomic mass is 15.3. The molecule has 0 bridgehead atoms. The van der Waals surface area contributed by atoms with Crippen LogP contribution in [0.2, 0.25) is 0 Å². The van der Waals surface area contributed by atoms with Gasteiger partial charge in [0.15, 0.2) is 5.65 Å². The fourth-order valence-electron chi connectivity index (χ4n) is 3.35. The maximum absolute atomic E-state index is 6.21. The third-order valence-corrected chi connectivity index (χ3v) is 4.75. The molecule has 8 nitrogen and oxygen atoms in total. The number of aromatic nitrogens is 5. The summed E-state index contributed by atoms with van der Waals surface area (Å²) in [5.41, 5.74) is 15.7. The van der Waals surface area contributed by atoms with Gasteiger partial charge in [-0.25, -0.2) is 4.98 Å². The van der Waals surface area contributed by atoms with Crippen molar-refractivity contribution in [2.24, 2.45) is 12.8 Å². The number of fused-ring (bicyclic) bond motifs is 1. The van der Waals surface area contributed by atoms with E-state index in [1.807, 2.05) is 25.5 Å². The van der Waals surface area contributed by atoms with Gasteiger partial charge in [0.1, 0.15) is 5.82 Å². The SMILES string of the molecule is Cn1cc(-c2cnn3c(N)cc(C4CC[C@@H](CN)NC4)nc23)cn1. The second kappa shape index (κ2) is 5.88. The van der Waals surface area contributed by atoms with E-state index in [9.17, 15) is 0 Å². The molecule has 0 radical (unpaired) electrons. The van der Waals surface area contributed by atoms with E-state index in [4.69, 9.17) is 16.5 Å². The predicted octanol–water partition coefficient (Wildman–Crippen LogP) is 0.506. The Morgan fingerprint density at radius 2 is 2.17 bits per heavy atom. The largest absolute Gasteiger partial charge is 0.384 e. The number of aryl methyl sites for hydroxylation is 1. The van der Waals surface area contributed by atoms with Gasteiger partial charge >= 0.3 is 0 Å². The van der Waals surface area contributed by atoms with Gasteiger partial charge in [0.2, 0.25) is 0 Å². The minimum absolute atomic E-state index is 0.344. The molecule has 0 aliphatic carbocycles. The van der Waals surface area contributed by atoms with Gasteiger partial charge in [0.05, 0.1) is 18.1 Å². The highest BCUT2D eigenvalue weighted by molar-refractivity contribution is 5.77. The number of hydrogen-bond acceptors (Lipinski definition) is 6. The zero-order chi connectivity index (χ0) is 16.7. The maximum Gasteiger partial charge on any atom is 0.165 e. The summed E-state index contributed by atoms with van der Waals surface area (Å²) in [5.74, 6) is 0.947. The number of anilines is 1. The van der Waals surface area contributed by atoms with Gasteiger partial charge in [0, 0.05) is 55.5 Å². The molecule has 24 heavy (non-hydrogen) atoms. The van der Waals surface area contributed by atoms with E-state index >= 15 is 0 Å². The zero-order valence-corrected chi connectivity index (χ0v) is 13.7. The normalized spacial score (nSPS) is 21.4. The summed E-state index contributed by atoms with van der Waals surface area (Å²) < 4.78 is 3.45. The van der Waals surface area contributed by atoms with Crippen LogP contribution >= 0.6 is 0 Å². The third kappa shape index (κ3) is 2.53. The maximum atomic E-state index is 6.21. The number of nitrogens with two attached hydrogens (primary N) is 2. The molecule has 0 aromatic carbocycles. The fraction of sp³-hybridized carbons (Fsp3) is 0.438. The highest BCUT2D eigenvalue weighted by Crippen LogP contribution is 2.29. The molecule has 2 atom stereocenters. The lowest BCUT2D eigenvalue weighted by Gasteiger charge is -2.28. The van der Waals surface area contributed by atoms with Crippen molar-refractivity contribution in [1.29, 1.82) is 0 Å². The quantitative estimate of drug-likeness (QED) is 0.646. The lowest BCUT2D eigenvalue weighted by atomic mass is 9.92. The topological polar surface area (TPSA) is 112 Å². The van der Waals surface area contributed by atoms with E-state index in [-0.39, 0.29) is 0 Å². The molecule has 0 amide bonds. The van der Waals surface area contributed by atoms with Crippen LogP contribution in [0.5, 0.6) is 0 Å². The van der Waals surface area contributed by atoms with Crippen molar-refractivity contribution in [2.75, 3.05) is 18.8 Å². The molecule has 4 rings (SSSR count). The van der Waals surface area contributed by atoms with Gasteiger partial charge < -0.3 is 16.8 Å². The van der Waals surface area contributed by atoms with Crippen LogP contribution in [-0.4, -0.2) is 43.5 Å². The Hall–Kier alpha value is -2.45. The third-order valence-electron chi connectivity index (χ3n) is 4.75. The minimum Gasteiger partial charge on any atom is -0.384 e. The molecular formula is C16H22N8. The van der Waals surface area contributed by atoms with Crippen LogP contribution < -0.4 is 16.8 Å². The first-order valence-electron chi connectivity index (χ1n) is 8.22. The van der Waals surface area contributed by atoms with Crippen molar-refractivity contribution in [3.05, 3.63) is 30.4 Å². The van der Waals surface area contributed by atoms with Crippen LogP contribution in [0.25, 0.3) is 16.8 Å². The first-order valence-corrected chi connectivity index (χ1v) is 8.22. The van der Waals surface area contributed by atoms with Crippen LogP contribution in [0.3, 0.4) is 0 Å². The number of piperidine rings is 1. The van der Waals surface area contributed by atoms with E-state index in [2.05, 4.69) is 15.5 Å². The molecule has 1 aliphatic rings. The molecule has 1 aliphatic heterocycles. The summed E-state index contributed by atoms with van der Waals surface area (Å²) in [5, 5.41) is 12.1. The van der Waals surface area contributed by atoms with Gasteiger partial charge in [-0.1, -0.05) is 0 Å². The monoisotopic (exact) mass is 326 g/mol. The second-order valence-corrected chi connectivity index (χ2v) is 6.42. The highest BCUT2D eigenvalue weighted by Gasteiger charge is 2.23. The molecule has 1 fully saturated rings. The summed E-state index contributed by atoms with van der Waals surface area (Å²) in [7, 11) is 1.89. The molecule has 5 N–H and O–H groups in total. The van der Waals surface area contributed by atoms with Crippen LogP contribution in [0.1, 0.15) is 24.5 Å². The molecule has 0 spiro atoms. The van der Waals surface area contributed by atoms with Crippen molar-refractivity contribution in [1.82, 2.24) is 29.7 Å². The molecule has 3 aromatic rings. The number of rotatable bonds is 3. The molecule has 1 saturated heterocycles. The number of nitrogens with one attached hydrogen (secondary N) is 1. The molecular weight excluding hydrogens is 304 g/mol. The summed E-state index contributed by atoms with van der Waals surface area (Å²) in [6.45, 7) is 1.55. The van der Waals surface area contributed by atoms with Crippen LogP contribution in [0.4, 0.5) is 5.82 Å². The van der Waals surface area contributed by atoms with E-state index in [1.54, 1.807) is 15.4 Å². The van der Waals surface area contributed by atoms with Gasteiger partial charge in [-0.05, 0) is 12.8 Å². The zero-order valence-electron chi connectivity index (χ0n) is 13.7. The summed E-state index contributed by atoms with van der Waals surface area (Å²) >= 11 is 0. The fourth-order valence-corrected chi connectivity index (χ4v) is 3.35. The Labute approximate surface area is 139 Å². The van der Waals surface area contributed by atoms with Gasteiger partial charge in [-0.15, -0.1) is 0 Å². The molecule has 3 aromatic heterocycles. The Balaban J connectivity index is 1.73. The molecule has 0 saturated carbocycles. The number of hydrogen-bond donors (Lipinski definition) is 3. The summed E-state index contributed by atoms with van der Waals surface area (Å²) in [6, 6.07) is 2.34. The second-order valence-electron chi connectivity index (χ2n) is 6.42. The van der Waals surface area contributed by atoms with Crippen molar-refractivity contribution < 1.29 is 0 Å². The lowest BCUT2D eigenvalue weighted by molar-refractivity contribution is 0.367. The Bertz CT molecular complexity index is 856. The Morgan fingerprint density at radius 3 is 2.83 bits per heavy atom. The average molecular weight is 326 g/mol. The van der Waals surface area contributed by atoms with Crippen molar-refractivity contribution in [3.63, 3.8) is 0 Å². The van der Waals surface area contributed by atoms with Gasteiger partial charge in [0.25, 0.3) is 0 Å². The first-order chi connectivity index (χ1) is 11.7. The smallest absolute Gasteiger partial charge is 0.165 e. The minimum atomic E-state index is 0.344. The summed E-state index contributed by atoms with van der Waals surface area (Å²) in [6.07, 6.45) is 7.69. The Kier molecular flexibility index (Phi) is 3.70. The van der Waals surface area contributed by atoms with E-state index in [1.165, 1.54) is 0 Å². The molecule has 8 heteroatoms. The van der Waals surface area contributed by atoms with E-state index in [0.717, 1.165) is 41.9 Å². The average Bonchev–Trinajstić information content (AvgIpc) is 3.21. The van der Waals surface area contributed by atoms with E-state index < -0.39 is 0 Å². The molecule has 4 heterocycles. The lowest BCUT2D eigenvalue weighted by Crippen LogP contribution is -2.42. The van der Waals surface area contributed by atoms with Gasteiger partial charge in [-0.2, -0.15) is 14.7 Å². The van der Waals surface area contributed by atoms with Crippen LogP contribution in [-0.2, 0) is 7.05 Å².